The summed E-state index contributed by atoms with van der Waals surface area (Å²) in [6, 6.07) is 17.0. The standard InChI is InChI=1S/C28H32N2O4/c1-26(2,3)24(32)20-10-8-12-22(29-20)28(34-7,18-14-16-19(31)17-15-18)23-13-9-11-21(30-23)25(33)27(4,5)6/h8-17,31H,1-7H3. The molecule has 0 saturated carbocycles. The van der Waals surface area contributed by atoms with Crippen LogP contribution in [0.15, 0.2) is 60.7 Å². The van der Waals surface area contributed by atoms with Crippen LogP contribution in [0.3, 0.4) is 0 Å². The summed E-state index contributed by atoms with van der Waals surface area (Å²) in [6.45, 7) is 11.1. The molecule has 6 nitrogen and oxygen atoms in total. The van der Waals surface area contributed by atoms with E-state index in [1.807, 2.05) is 41.5 Å². The normalized spacial score (nSPS) is 12.4. The van der Waals surface area contributed by atoms with Gasteiger partial charge in [0.05, 0.1) is 11.4 Å². The Kier molecular flexibility index (Phi) is 6.76. The lowest BCUT2D eigenvalue weighted by molar-refractivity contribution is 0.0504. The van der Waals surface area contributed by atoms with Crippen molar-refractivity contribution in [3.8, 4) is 5.75 Å². The summed E-state index contributed by atoms with van der Waals surface area (Å²) in [7, 11) is 1.53. The molecule has 3 aromatic rings. The molecular weight excluding hydrogens is 428 g/mol. The van der Waals surface area contributed by atoms with E-state index in [1.165, 1.54) is 7.11 Å². The first-order valence-corrected chi connectivity index (χ1v) is 11.2. The van der Waals surface area contributed by atoms with E-state index in [0.717, 1.165) is 0 Å². The topological polar surface area (TPSA) is 89.4 Å². The van der Waals surface area contributed by atoms with Crippen molar-refractivity contribution in [1.29, 1.82) is 0 Å². The van der Waals surface area contributed by atoms with Crippen molar-refractivity contribution >= 4 is 11.6 Å². The summed E-state index contributed by atoms with van der Waals surface area (Å²) in [5, 5.41) is 9.89. The Morgan fingerprint density at radius 3 is 1.47 bits per heavy atom. The molecule has 6 heteroatoms. The molecule has 0 aliphatic heterocycles. The van der Waals surface area contributed by atoms with Gasteiger partial charge in [-0.3, -0.25) is 9.59 Å². The molecule has 1 N–H and O–H groups in total. The maximum absolute atomic E-state index is 13.0. The first-order chi connectivity index (χ1) is 15.8. The second-order valence-corrected chi connectivity index (χ2v) is 10.4. The van der Waals surface area contributed by atoms with Crippen LogP contribution in [0.4, 0.5) is 0 Å². The number of nitrogens with zero attached hydrogens (tertiary/aromatic N) is 2. The predicted octanol–water partition coefficient (Wildman–Crippen LogP) is 5.58. The highest BCUT2D eigenvalue weighted by atomic mass is 16.5. The van der Waals surface area contributed by atoms with Gasteiger partial charge in [-0.15, -0.1) is 0 Å². The third-order valence-electron chi connectivity index (χ3n) is 5.63. The molecule has 2 heterocycles. The van der Waals surface area contributed by atoms with Crippen molar-refractivity contribution in [2.75, 3.05) is 7.11 Å². The molecule has 0 amide bonds. The van der Waals surface area contributed by atoms with Gasteiger partial charge in [0.25, 0.3) is 0 Å². The average molecular weight is 461 g/mol. The SMILES string of the molecule is COC(c1ccc(O)cc1)(c1cccc(C(=O)C(C)(C)C)n1)c1cccc(C(=O)C(C)(C)C)n1. The fourth-order valence-corrected chi connectivity index (χ4v) is 3.73. The fraction of sp³-hybridized carbons (Fsp3) is 0.357. The molecule has 1 aromatic carbocycles. The van der Waals surface area contributed by atoms with E-state index < -0.39 is 16.4 Å². The number of Topliss-reactive ketones (excluding diaryl/α,β-unsaturated/α-hetero) is 2. The number of ketones is 2. The Morgan fingerprint density at radius 1 is 0.706 bits per heavy atom. The van der Waals surface area contributed by atoms with Crippen molar-refractivity contribution in [1.82, 2.24) is 9.97 Å². The van der Waals surface area contributed by atoms with Gasteiger partial charge in [-0.2, -0.15) is 0 Å². The third kappa shape index (κ3) is 4.77. The van der Waals surface area contributed by atoms with Crippen LogP contribution in [0, 0.1) is 10.8 Å². The number of phenolic OH excluding ortho intramolecular Hbond substituents is 1. The van der Waals surface area contributed by atoms with Crippen molar-refractivity contribution in [2.24, 2.45) is 10.8 Å². The van der Waals surface area contributed by atoms with Gasteiger partial charge in [0.2, 0.25) is 0 Å². The predicted molar refractivity (Wildman–Crippen MR) is 131 cm³/mol. The smallest absolute Gasteiger partial charge is 0.186 e. The van der Waals surface area contributed by atoms with Crippen LogP contribution in [0.2, 0.25) is 0 Å². The summed E-state index contributed by atoms with van der Waals surface area (Å²) in [5.74, 6) is -0.104. The van der Waals surface area contributed by atoms with E-state index in [1.54, 1.807) is 60.7 Å². The van der Waals surface area contributed by atoms with Crippen LogP contribution in [0.5, 0.6) is 5.75 Å². The van der Waals surface area contributed by atoms with Crippen LogP contribution in [-0.4, -0.2) is 33.8 Å². The molecule has 0 unspecified atom stereocenters. The third-order valence-corrected chi connectivity index (χ3v) is 5.63. The van der Waals surface area contributed by atoms with Gasteiger partial charge in [-0.1, -0.05) is 65.8 Å². The summed E-state index contributed by atoms with van der Waals surface area (Å²) < 4.78 is 6.15. The van der Waals surface area contributed by atoms with E-state index in [-0.39, 0.29) is 17.3 Å². The Labute approximate surface area is 201 Å². The fourth-order valence-electron chi connectivity index (χ4n) is 3.73. The molecule has 2 aromatic heterocycles. The molecule has 34 heavy (non-hydrogen) atoms. The van der Waals surface area contributed by atoms with Crippen molar-refractivity contribution in [2.45, 2.75) is 47.1 Å². The van der Waals surface area contributed by atoms with Gasteiger partial charge in [-0.25, -0.2) is 9.97 Å². The Morgan fingerprint density at radius 2 is 1.12 bits per heavy atom. The van der Waals surface area contributed by atoms with Gasteiger partial charge in [0.15, 0.2) is 17.2 Å². The average Bonchev–Trinajstić information content (AvgIpc) is 2.79. The quantitative estimate of drug-likeness (QED) is 0.483. The van der Waals surface area contributed by atoms with Crippen molar-refractivity contribution in [3.63, 3.8) is 0 Å². The lowest BCUT2D eigenvalue weighted by Crippen LogP contribution is -2.35. The largest absolute Gasteiger partial charge is 0.508 e. The van der Waals surface area contributed by atoms with Crippen LogP contribution in [-0.2, 0) is 10.3 Å². The second kappa shape index (κ2) is 9.11. The van der Waals surface area contributed by atoms with Crippen LogP contribution >= 0.6 is 0 Å². The van der Waals surface area contributed by atoms with E-state index >= 15 is 0 Å². The number of benzene rings is 1. The first kappa shape index (κ1) is 25.2. The minimum absolute atomic E-state index is 0.1000. The van der Waals surface area contributed by atoms with Crippen LogP contribution in [0.25, 0.3) is 0 Å². The number of pyridine rings is 2. The highest BCUT2D eigenvalue weighted by Crippen LogP contribution is 2.39. The zero-order chi connectivity index (χ0) is 25.3. The summed E-state index contributed by atoms with van der Waals surface area (Å²) >= 11 is 0. The van der Waals surface area contributed by atoms with Gasteiger partial charge < -0.3 is 9.84 Å². The zero-order valence-corrected chi connectivity index (χ0v) is 20.8. The molecule has 0 aliphatic carbocycles. The van der Waals surface area contributed by atoms with E-state index in [0.29, 0.717) is 28.3 Å². The first-order valence-electron chi connectivity index (χ1n) is 11.2. The molecule has 0 radical (unpaired) electrons. The number of ether oxygens (including phenoxy) is 1. The van der Waals surface area contributed by atoms with Gasteiger partial charge in [-0.05, 0) is 42.0 Å². The molecule has 0 spiro atoms. The summed E-state index contributed by atoms with van der Waals surface area (Å²) in [4.78, 5) is 35.5. The molecule has 178 valence electrons. The number of aromatic hydroxyl groups is 1. The van der Waals surface area contributed by atoms with Gasteiger partial charge in [0.1, 0.15) is 17.1 Å². The number of hydrogen-bond donors (Lipinski definition) is 1. The monoisotopic (exact) mass is 460 g/mol. The molecule has 0 fully saturated rings. The Balaban J connectivity index is 2.31. The highest BCUT2D eigenvalue weighted by molar-refractivity contribution is 5.98. The van der Waals surface area contributed by atoms with E-state index in [4.69, 9.17) is 14.7 Å². The molecule has 0 bridgehead atoms. The van der Waals surface area contributed by atoms with Gasteiger partial charge >= 0.3 is 0 Å². The number of phenols is 1. The lowest BCUT2D eigenvalue weighted by atomic mass is 9.84. The highest BCUT2D eigenvalue weighted by Gasteiger charge is 2.41. The van der Waals surface area contributed by atoms with Crippen molar-refractivity contribution < 1.29 is 19.4 Å². The second-order valence-electron chi connectivity index (χ2n) is 10.4. The number of aromatic nitrogens is 2. The summed E-state index contributed by atoms with van der Waals surface area (Å²) in [5.41, 5.74) is -0.384. The van der Waals surface area contributed by atoms with Crippen molar-refractivity contribution in [3.05, 3.63) is 89.0 Å². The zero-order valence-electron chi connectivity index (χ0n) is 20.8. The maximum atomic E-state index is 13.0. The molecular formula is C28H32N2O4. The minimum atomic E-state index is -1.32. The Bertz CT molecular complexity index is 1130. The number of rotatable bonds is 6. The maximum Gasteiger partial charge on any atom is 0.186 e. The lowest BCUT2D eigenvalue weighted by Gasteiger charge is -2.33. The Hall–Kier alpha value is -3.38. The number of carbonyl (C=O) groups is 2. The molecule has 0 saturated heterocycles. The summed E-state index contributed by atoms with van der Waals surface area (Å²) in [6.07, 6.45) is 0. The van der Waals surface area contributed by atoms with Crippen LogP contribution in [0.1, 0.15) is 79.5 Å². The molecule has 0 atom stereocenters. The van der Waals surface area contributed by atoms with E-state index in [2.05, 4.69) is 0 Å². The number of methoxy groups -OCH3 is 1. The number of carbonyl (C=O) groups excluding carboxylic acids is 2. The number of hydrogen-bond acceptors (Lipinski definition) is 6. The van der Waals surface area contributed by atoms with E-state index in [9.17, 15) is 14.7 Å². The molecule has 0 aliphatic rings. The van der Waals surface area contributed by atoms with Gasteiger partial charge in [0, 0.05) is 17.9 Å². The van der Waals surface area contributed by atoms with Crippen LogP contribution < -0.4 is 0 Å². The minimum Gasteiger partial charge on any atom is -0.508 e. The molecule has 3 rings (SSSR count).